The molecule has 0 aliphatic rings. The van der Waals surface area contributed by atoms with E-state index in [0.717, 1.165) is 6.07 Å². The van der Waals surface area contributed by atoms with Crippen LogP contribution in [0, 0.1) is 0 Å². The lowest BCUT2D eigenvalue weighted by Gasteiger charge is -2.27. The fraction of sp³-hybridized carbons (Fsp3) is 0.500. The molecule has 1 rings (SSSR count). The van der Waals surface area contributed by atoms with Gasteiger partial charge in [0, 0.05) is 6.54 Å². The molecular formula is C12H16F3NO2. The second kappa shape index (κ2) is 5.69. The summed E-state index contributed by atoms with van der Waals surface area (Å²) in [5, 5.41) is 20.8. The van der Waals surface area contributed by atoms with Crippen molar-refractivity contribution in [3.63, 3.8) is 0 Å². The molecule has 1 aromatic carbocycles. The first kappa shape index (κ1) is 14.9. The van der Waals surface area contributed by atoms with Crippen LogP contribution >= 0.6 is 0 Å². The highest BCUT2D eigenvalue weighted by Crippen LogP contribution is 2.31. The van der Waals surface area contributed by atoms with Crippen LogP contribution in [0.3, 0.4) is 0 Å². The topological polar surface area (TPSA) is 52.5 Å². The number of alkyl halides is 3. The molecule has 0 saturated heterocycles. The minimum atomic E-state index is -4.41. The zero-order valence-electron chi connectivity index (χ0n) is 9.96. The summed E-state index contributed by atoms with van der Waals surface area (Å²) in [7, 11) is 0. The van der Waals surface area contributed by atoms with Gasteiger partial charge in [0.2, 0.25) is 0 Å². The van der Waals surface area contributed by atoms with Crippen molar-refractivity contribution in [1.82, 2.24) is 5.32 Å². The lowest BCUT2D eigenvalue weighted by Crippen LogP contribution is -2.48. The summed E-state index contributed by atoms with van der Waals surface area (Å²) in [5.41, 5.74) is -1.63. The van der Waals surface area contributed by atoms with E-state index in [2.05, 4.69) is 5.32 Å². The number of benzene rings is 1. The summed E-state index contributed by atoms with van der Waals surface area (Å²) >= 11 is 0. The third-order valence-electron chi connectivity index (χ3n) is 2.73. The number of hydrogen-bond donors (Lipinski definition) is 3. The summed E-state index contributed by atoms with van der Waals surface area (Å²) < 4.78 is 38.1. The predicted octanol–water partition coefficient (Wildman–Crippen LogP) is 1.54. The molecule has 18 heavy (non-hydrogen) atoms. The van der Waals surface area contributed by atoms with Gasteiger partial charge in [0.25, 0.3) is 0 Å². The molecule has 0 spiro atoms. The maximum Gasteiger partial charge on any atom is 0.416 e. The van der Waals surface area contributed by atoms with Crippen LogP contribution in [0.25, 0.3) is 0 Å². The largest absolute Gasteiger partial charge is 0.416 e. The van der Waals surface area contributed by atoms with Crippen LogP contribution in [0.5, 0.6) is 0 Å². The van der Waals surface area contributed by atoms with Gasteiger partial charge in [0.05, 0.1) is 24.3 Å². The van der Waals surface area contributed by atoms with Gasteiger partial charge in [0.1, 0.15) is 0 Å². The molecule has 0 unspecified atom stereocenters. The van der Waals surface area contributed by atoms with E-state index in [4.69, 9.17) is 10.2 Å². The first-order valence-corrected chi connectivity index (χ1v) is 5.44. The molecule has 1 aromatic rings. The number of rotatable bonds is 5. The van der Waals surface area contributed by atoms with Crippen molar-refractivity contribution < 1.29 is 23.4 Å². The Morgan fingerprint density at radius 3 is 2.17 bits per heavy atom. The normalized spacial score (nSPS) is 12.8. The van der Waals surface area contributed by atoms with Gasteiger partial charge in [-0.2, -0.15) is 13.2 Å². The summed E-state index contributed by atoms with van der Waals surface area (Å²) in [6.45, 7) is 0.728. The molecule has 102 valence electrons. The fourth-order valence-electron chi connectivity index (χ4n) is 1.42. The number of nitrogens with one attached hydrogen (secondary N) is 1. The average Bonchev–Trinajstić information content (AvgIpc) is 2.35. The van der Waals surface area contributed by atoms with Crippen LogP contribution in [0.1, 0.15) is 18.1 Å². The van der Waals surface area contributed by atoms with E-state index in [1.165, 1.54) is 25.1 Å². The maximum atomic E-state index is 12.7. The molecule has 0 heterocycles. The molecule has 0 aliphatic carbocycles. The van der Waals surface area contributed by atoms with Crippen LogP contribution in [0.4, 0.5) is 13.2 Å². The second-order valence-corrected chi connectivity index (χ2v) is 4.39. The Morgan fingerprint density at radius 2 is 1.67 bits per heavy atom. The Kier molecular flexibility index (Phi) is 4.72. The van der Waals surface area contributed by atoms with E-state index >= 15 is 0 Å². The Balaban J connectivity index is 2.86. The number of aliphatic hydroxyl groups is 2. The summed E-state index contributed by atoms with van der Waals surface area (Å²) in [4.78, 5) is 0. The molecule has 0 radical (unpaired) electrons. The van der Waals surface area contributed by atoms with E-state index < -0.39 is 17.3 Å². The predicted molar refractivity (Wildman–Crippen MR) is 60.9 cm³/mol. The first-order valence-electron chi connectivity index (χ1n) is 5.44. The van der Waals surface area contributed by atoms with E-state index in [-0.39, 0.29) is 25.3 Å². The van der Waals surface area contributed by atoms with Gasteiger partial charge in [-0.05, 0) is 18.6 Å². The molecule has 3 nitrogen and oxygen atoms in total. The van der Waals surface area contributed by atoms with Crippen molar-refractivity contribution in [1.29, 1.82) is 0 Å². The van der Waals surface area contributed by atoms with Crippen molar-refractivity contribution in [2.75, 3.05) is 13.2 Å². The van der Waals surface area contributed by atoms with Gasteiger partial charge in [0.15, 0.2) is 0 Å². The van der Waals surface area contributed by atoms with E-state index in [1.807, 2.05) is 0 Å². The van der Waals surface area contributed by atoms with Crippen molar-refractivity contribution in [3.05, 3.63) is 35.4 Å². The highest BCUT2D eigenvalue weighted by molar-refractivity contribution is 5.29. The Bertz CT molecular complexity index is 389. The Morgan fingerprint density at radius 1 is 1.11 bits per heavy atom. The Labute approximate surface area is 103 Å². The minimum Gasteiger partial charge on any atom is -0.394 e. The molecule has 0 atom stereocenters. The quantitative estimate of drug-likeness (QED) is 0.755. The SMILES string of the molecule is CC(CO)(CO)NCc1ccccc1C(F)(F)F. The van der Waals surface area contributed by atoms with Crippen LogP contribution in [0.2, 0.25) is 0 Å². The van der Waals surface area contributed by atoms with E-state index in [1.54, 1.807) is 0 Å². The van der Waals surface area contributed by atoms with Crippen LogP contribution < -0.4 is 5.32 Å². The third-order valence-corrected chi connectivity index (χ3v) is 2.73. The molecule has 3 N–H and O–H groups in total. The minimum absolute atomic E-state index is 0.0761. The van der Waals surface area contributed by atoms with Gasteiger partial charge in [-0.1, -0.05) is 18.2 Å². The maximum absolute atomic E-state index is 12.7. The lowest BCUT2D eigenvalue weighted by atomic mass is 10.0. The van der Waals surface area contributed by atoms with E-state index in [9.17, 15) is 13.2 Å². The molecule has 0 fully saturated rings. The molecule has 0 amide bonds. The first-order chi connectivity index (χ1) is 8.32. The van der Waals surface area contributed by atoms with Crippen LogP contribution in [-0.4, -0.2) is 29.0 Å². The van der Waals surface area contributed by atoms with Crippen molar-refractivity contribution >= 4 is 0 Å². The number of hydrogen-bond acceptors (Lipinski definition) is 3. The number of halogens is 3. The van der Waals surface area contributed by atoms with Gasteiger partial charge in [-0.25, -0.2) is 0 Å². The van der Waals surface area contributed by atoms with Gasteiger partial charge in [-0.15, -0.1) is 0 Å². The second-order valence-electron chi connectivity index (χ2n) is 4.39. The van der Waals surface area contributed by atoms with Gasteiger partial charge >= 0.3 is 6.18 Å². The molecule has 0 aliphatic heterocycles. The van der Waals surface area contributed by atoms with Crippen molar-refractivity contribution in [2.45, 2.75) is 25.2 Å². The summed E-state index contributed by atoms with van der Waals surface area (Å²) in [5.74, 6) is 0. The highest BCUT2D eigenvalue weighted by atomic mass is 19.4. The summed E-state index contributed by atoms with van der Waals surface area (Å²) in [6, 6.07) is 5.21. The standard InChI is InChI=1S/C12H16F3NO2/c1-11(7-17,8-18)16-6-9-4-2-3-5-10(9)12(13,14)15/h2-5,16-18H,6-8H2,1H3. The van der Waals surface area contributed by atoms with Crippen LogP contribution in [0.15, 0.2) is 24.3 Å². The number of aliphatic hydroxyl groups excluding tert-OH is 2. The lowest BCUT2D eigenvalue weighted by molar-refractivity contribution is -0.138. The Hall–Kier alpha value is -1.11. The van der Waals surface area contributed by atoms with Gasteiger partial charge < -0.3 is 15.5 Å². The zero-order valence-corrected chi connectivity index (χ0v) is 9.96. The molecule has 6 heteroatoms. The van der Waals surface area contributed by atoms with Crippen LogP contribution in [-0.2, 0) is 12.7 Å². The highest BCUT2D eigenvalue weighted by Gasteiger charge is 2.33. The van der Waals surface area contributed by atoms with Crippen molar-refractivity contribution in [3.8, 4) is 0 Å². The molecule has 0 saturated carbocycles. The third kappa shape index (κ3) is 3.69. The van der Waals surface area contributed by atoms with Crippen molar-refractivity contribution in [2.24, 2.45) is 0 Å². The molecule has 0 aromatic heterocycles. The molecular weight excluding hydrogens is 247 g/mol. The zero-order chi connectivity index (χ0) is 13.8. The smallest absolute Gasteiger partial charge is 0.394 e. The molecule has 0 bridgehead atoms. The fourth-order valence-corrected chi connectivity index (χ4v) is 1.42. The van der Waals surface area contributed by atoms with Gasteiger partial charge in [-0.3, -0.25) is 0 Å². The van der Waals surface area contributed by atoms with E-state index in [0.29, 0.717) is 0 Å². The summed E-state index contributed by atoms with van der Waals surface area (Å²) in [6.07, 6.45) is -4.41. The average molecular weight is 263 g/mol. The monoisotopic (exact) mass is 263 g/mol.